The zero-order valence-corrected chi connectivity index (χ0v) is 15.9. The molecule has 4 atom stereocenters. The molecular weight excluding hydrogens is 390 g/mol. The fourth-order valence-corrected chi connectivity index (χ4v) is 3.12. The molecule has 1 aliphatic rings. The number of rotatable bonds is 3. The Balaban J connectivity index is 1.70. The van der Waals surface area contributed by atoms with E-state index in [2.05, 4.69) is 37.1 Å². The molecule has 0 bridgehead atoms. The molecule has 1 aliphatic heterocycles. The van der Waals surface area contributed by atoms with Crippen molar-refractivity contribution in [1.29, 1.82) is 0 Å². The maximum atomic E-state index is 12.1. The van der Waals surface area contributed by atoms with Crippen LogP contribution in [0.4, 0.5) is 5.82 Å². The van der Waals surface area contributed by atoms with E-state index in [4.69, 9.17) is 10.5 Å². The number of aliphatic hydroxyl groups excluding tert-OH is 2. The van der Waals surface area contributed by atoms with E-state index in [0.29, 0.717) is 12.2 Å². The SMILES string of the molecule is CCNC(=O)[C@H]1OC(n2cnc3c(N)nc(C#Cc4ccccn4)nc32)[C@H](O)[C@@H]1O. The highest BCUT2D eigenvalue weighted by Crippen LogP contribution is 2.32. The molecule has 1 amide bonds. The van der Waals surface area contributed by atoms with Gasteiger partial charge in [0, 0.05) is 12.7 Å². The van der Waals surface area contributed by atoms with E-state index < -0.39 is 30.4 Å². The van der Waals surface area contributed by atoms with Gasteiger partial charge in [-0.3, -0.25) is 9.36 Å². The standard InChI is InChI=1S/C19H19N7O4/c1-2-21-18(29)15-13(27)14(28)19(30-15)26-9-23-12-16(20)24-11(25-17(12)26)7-6-10-5-3-4-8-22-10/h3-5,8-9,13-15,19,27-28H,2H2,1H3,(H,21,29)(H2,20,24,25)/t13-,14+,15-,19?/m0/s1. The van der Waals surface area contributed by atoms with Crippen LogP contribution in [0.2, 0.25) is 0 Å². The fraction of sp³-hybridized carbons (Fsp3) is 0.316. The van der Waals surface area contributed by atoms with E-state index in [0.717, 1.165) is 0 Å². The molecule has 4 rings (SSSR count). The molecule has 11 heteroatoms. The number of carbonyl (C=O) groups excluding carboxylic acids is 1. The van der Waals surface area contributed by atoms with Gasteiger partial charge in [-0.05, 0) is 30.9 Å². The minimum Gasteiger partial charge on any atom is -0.387 e. The maximum Gasteiger partial charge on any atom is 0.252 e. The minimum absolute atomic E-state index is 0.0948. The summed E-state index contributed by atoms with van der Waals surface area (Å²) in [6.45, 7) is 2.10. The molecule has 11 nitrogen and oxygen atoms in total. The zero-order chi connectivity index (χ0) is 21.3. The van der Waals surface area contributed by atoms with Crippen LogP contribution < -0.4 is 11.1 Å². The Hall–Kier alpha value is -3.59. The summed E-state index contributed by atoms with van der Waals surface area (Å²) >= 11 is 0. The highest BCUT2D eigenvalue weighted by atomic mass is 16.6. The number of anilines is 1. The van der Waals surface area contributed by atoms with Gasteiger partial charge in [0.2, 0.25) is 5.82 Å². The van der Waals surface area contributed by atoms with Crippen LogP contribution in [0.5, 0.6) is 0 Å². The van der Waals surface area contributed by atoms with Gasteiger partial charge in [0.05, 0.1) is 6.33 Å². The molecule has 1 fully saturated rings. The Kier molecular flexibility index (Phi) is 5.28. The summed E-state index contributed by atoms with van der Waals surface area (Å²) in [5, 5.41) is 23.3. The van der Waals surface area contributed by atoms with Crippen LogP contribution >= 0.6 is 0 Å². The molecule has 0 aromatic carbocycles. The van der Waals surface area contributed by atoms with Crippen LogP contribution in [0.15, 0.2) is 30.7 Å². The summed E-state index contributed by atoms with van der Waals surface area (Å²) in [5.41, 5.74) is 7.06. The van der Waals surface area contributed by atoms with Crippen LogP contribution in [-0.4, -0.2) is 65.5 Å². The number of nitrogens with two attached hydrogens (primary N) is 1. The fourth-order valence-electron chi connectivity index (χ4n) is 3.12. The molecule has 1 saturated heterocycles. The topological polar surface area (TPSA) is 161 Å². The molecule has 30 heavy (non-hydrogen) atoms. The second-order valence-electron chi connectivity index (χ2n) is 6.54. The number of amides is 1. The monoisotopic (exact) mass is 409 g/mol. The quantitative estimate of drug-likeness (QED) is 0.396. The second-order valence-corrected chi connectivity index (χ2v) is 6.54. The Morgan fingerprint density at radius 1 is 1.27 bits per heavy atom. The molecule has 1 unspecified atom stereocenters. The summed E-state index contributed by atoms with van der Waals surface area (Å²) in [4.78, 5) is 28.9. The first-order chi connectivity index (χ1) is 14.5. The molecule has 154 valence electrons. The summed E-state index contributed by atoms with van der Waals surface area (Å²) < 4.78 is 7.02. The molecule has 0 radical (unpaired) electrons. The summed E-state index contributed by atoms with van der Waals surface area (Å²) in [7, 11) is 0. The number of aromatic nitrogens is 5. The van der Waals surface area contributed by atoms with Crippen molar-refractivity contribution in [2.24, 2.45) is 0 Å². The van der Waals surface area contributed by atoms with E-state index >= 15 is 0 Å². The van der Waals surface area contributed by atoms with Gasteiger partial charge in [0.1, 0.15) is 23.4 Å². The van der Waals surface area contributed by atoms with Crippen molar-refractivity contribution in [3.8, 4) is 11.8 Å². The second kappa shape index (κ2) is 8.03. The van der Waals surface area contributed by atoms with Crippen LogP contribution in [0.25, 0.3) is 11.2 Å². The van der Waals surface area contributed by atoms with Crippen molar-refractivity contribution in [2.45, 2.75) is 31.5 Å². The first-order valence-corrected chi connectivity index (χ1v) is 9.22. The van der Waals surface area contributed by atoms with Gasteiger partial charge in [-0.25, -0.2) is 19.9 Å². The van der Waals surface area contributed by atoms with Crippen LogP contribution in [-0.2, 0) is 9.53 Å². The summed E-state index contributed by atoms with van der Waals surface area (Å²) in [5.74, 6) is 5.33. The molecule has 3 aromatic heterocycles. The third-order valence-corrected chi connectivity index (χ3v) is 4.54. The molecule has 0 aliphatic carbocycles. The summed E-state index contributed by atoms with van der Waals surface area (Å²) in [6, 6.07) is 5.32. The van der Waals surface area contributed by atoms with Crippen molar-refractivity contribution in [2.75, 3.05) is 12.3 Å². The average molecular weight is 409 g/mol. The number of hydrogen-bond donors (Lipinski definition) is 4. The molecule has 0 spiro atoms. The molecule has 0 saturated carbocycles. The molecule has 4 heterocycles. The zero-order valence-electron chi connectivity index (χ0n) is 15.9. The average Bonchev–Trinajstić information content (AvgIpc) is 3.29. The maximum absolute atomic E-state index is 12.1. The number of nitrogen functional groups attached to an aromatic ring is 1. The van der Waals surface area contributed by atoms with Crippen LogP contribution in [0.3, 0.4) is 0 Å². The van der Waals surface area contributed by atoms with Crippen LogP contribution in [0.1, 0.15) is 24.7 Å². The predicted molar refractivity (Wildman–Crippen MR) is 105 cm³/mol. The lowest BCUT2D eigenvalue weighted by atomic mass is 10.1. The number of likely N-dealkylation sites (N-methyl/N-ethyl adjacent to an activating group) is 1. The highest BCUT2D eigenvalue weighted by Gasteiger charge is 2.47. The lowest BCUT2D eigenvalue weighted by Crippen LogP contribution is -2.42. The number of pyridine rings is 1. The number of nitrogens with zero attached hydrogens (tertiary/aromatic N) is 5. The number of ether oxygens (including phenoxy) is 1. The van der Waals surface area contributed by atoms with Gasteiger partial charge in [0.15, 0.2) is 23.8 Å². The third kappa shape index (κ3) is 3.55. The van der Waals surface area contributed by atoms with E-state index in [1.54, 1.807) is 31.3 Å². The van der Waals surface area contributed by atoms with Gasteiger partial charge in [-0.2, -0.15) is 0 Å². The predicted octanol–water partition coefficient (Wildman–Crippen LogP) is -1.04. The van der Waals surface area contributed by atoms with Gasteiger partial charge in [-0.1, -0.05) is 6.07 Å². The number of carbonyl (C=O) groups is 1. The Bertz CT molecular complexity index is 1140. The van der Waals surface area contributed by atoms with Crippen LogP contribution in [0, 0.1) is 11.8 Å². The Labute approximate surface area is 170 Å². The summed E-state index contributed by atoms with van der Waals surface area (Å²) in [6.07, 6.45) is -2.15. The van der Waals surface area contributed by atoms with Crippen molar-refractivity contribution in [3.63, 3.8) is 0 Å². The van der Waals surface area contributed by atoms with Crippen molar-refractivity contribution >= 4 is 22.9 Å². The number of imidazole rings is 1. The largest absolute Gasteiger partial charge is 0.387 e. The van der Waals surface area contributed by atoms with E-state index in [-0.39, 0.29) is 22.8 Å². The first kappa shape index (κ1) is 19.7. The Morgan fingerprint density at radius 2 is 2.10 bits per heavy atom. The first-order valence-electron chi connectivity index (χ1n) is 9.22. The van der Waals surface area contributed by atoms with Crippen molar-refractivity contribution in [3.05, 3.63) is 42.2 Å². The van der Waals surface area contributed by atoms with Crippen molar-refractivity contribution < 1.29 is 19.7 Å². The smallest absolute Gasteiger partial charge is 0.252 e. The minimum atomic E-state index is -1.42. The molecule has 3 aromatic rings. The van der Waals surface area contributed by atoms with Gasteiger partial charge in [0.25, 0.3) is 5.91 Å². The van der Waals surface area contributed by atoms with Gasteiger partial charge < -0.3 is 26.0 Å². The Morgan fingerprint density at radius 3 is 2.83 bits per heavy atom. The van der Waals surface area contributed by atoms with Crippen molar-refractivity contribution in [1.82, 2.24) is 29.8 Å². The van der Waals surface area contributed by atoms with E-state index in [9.17, 15) is 15.0 Å². The van der Waals surface area contributed by atoms with E-state index in [1.807, 2.05) is 0 Å². The number of aliphatic hydroxyl groups is 2. The molecule has 5 N–H and O–H groups in total. The number of nitrogens with one attached hydrogen (secondary N) is 1. The van der Waals surface area contributed by atoms with E-state index in [1.165, 1.54) is 10.9 Å². The normalized spacial score (nSPS) is 23.2. The highest BCUT2D eigenvalue weighted by molar-refractivity contribution is 5.83. The lowest BCUT2D eigenvalue weighted by Gasteiger charge is -2.16. The third-order valence-electron chi connectivity index (χ3n) is 4.54. The lowest BCUT2D eigenvalue weighted by molar-refractivity contribution is -0.137. The number of fused-ring (bicyclic) bond motifs is 1. The number of hydrogen-bond acceptors (Lipinski definition) is 9. The molecular formula is C19H19N7O4. The van der Waals surface area contributed by atoms with Gasteiger partial charge in [-0.15, -0.1) is 0 Å². The van der Waals surface area contributed by atoms with Gasteiger partial charge >= 0.3 is 0 Å².